The first-order chi connectivity index (χ1) is 12.1. The summed E-state index contributed by atoms with van der Waals surface area (Å²) in [6, 6.07) is 3.02. The third kappa shape index (κ3) is 2.50. The van der Waals surface area contributed by atoms with Crippen molar-refractivity contribution in [1.82, 2.24) is 4.57 Å². The highest BCUT2D eigenvalue weighted by molar-refractivity contribution is 5.94. The number of aryl methyl sites for hydroxylation is 2. The third-order valence-electron chi connectivity index (χ3n) is 4.21. The first kappa shape index (κ1) is 17.5. The molecule has 0 aliphatic carbocycles. The predicted octanol–water partition coefficient (Wildman–Crippen LogP) is 3.31. The van der Waals surface area contributed by atoms with Gasteiger partial charge in [0.2, 0.25) is 5.43 Å². The van der Waals surface area contributed by atoms with E-state index in [9.17, 15) is 27.9 Å². The molecule has 1 heterocycles. The Morgan fingerprint density at radius 2 is 1.77 bits per heavy atom. The molecule has 0 saturated carbocycles. The number of carbonyl (C=O) groups is 1. The maximum absolute atomic E-state index is 14.1. The Hall–Kier alpha value is -3.29. The summed E-state index contributed by atoms with van der Waals surface area (Å²) in [5.74, 6) is -4.64. The molecule has 0 spiro atoms. The zero-order valence-corrected chi connectivity index (χ0v) is 13.7. The van der Waals surface area contributed by atoms with Crippen LogP contribution in [0.25, 0.3) is 16.6 Å². The van der Waals surface area contributed by atoms with Crippen LogP contribution in [0.2, 0.25) is 0 Å². The highest BCUT2D eigenvalue weighted by atomic mass is 19.2. The number of anilines is 1. The molecule has 5 nitrogen and oxygen atoms in total. The van der Waals surface area contributed by atoms with Crippen LogP contribution in [0.1, 0.15) is 21.5 Å². The summed E-state index contributed by atoms with van der Waals surface area (Å²) in [7, 11) is 0. The second-order valence-electron chi connectivity index (χ2n) is 5.90. The quantitative estimate of drug-likeness (QED) is 0.685. The molecule has 1 aromatic heterocycles. The summed E-state index contributed by atoms with van der Waals surface area (Å²) in [6.45, 7) is 2.80. The lowest BCUT2D eigenvalue weighted by Gasteiger charge is -2.18. The normalized spacial score (nSPS) is 11.1. The smallest absolute Gasteiger partial charge is 0.341 e. The molecule has 0 aliphatic heterocycles. The van der Waals surface area contributed by atoms with Gasteiger partial charge in [-0.15, -0.1) is 0 Å². The monoisotopic (exact) mass is 362 g/mol. The van der Waals surface area contributed by atoms with Crippen LogP contribution >= 0.6 is 0 Å². The number of carboxylic acid groups (broad SMARTS) is 1. The van der Waals surface area contributed by atoms with Crippen molar-refractivity contribution in [3.8, 4) is 5.69 Å². The van der Waals surface area contributed by atoms with Crippen molar-refractivity contribution in [2.24, 2.45) is 0 Å². The fourth-order valence-electron chi connectivity index (χ4n) is 2.90. The largest absolute Gasteiger partial charge is 0.477 e. The van der Waals surface area contributed by atoms with E-state index in [4.69, 9.17) is 5.73 Å². The van der Waals surface area contributed by atoms with E-state index >= 15 is 0 Å². The Balaban J connectivity index is 2.59. The van der Waals surface area contributed by atoms with Gasteiger partial charge in [0.1, 0.15) is 11.4 Å². The third-order valence-corrected chi connectivity index (χ3v) is 4.21. The molecule has 0 bridgehead atoms. The number of rotatable bonds is 2. The molecule has 2 aromatic carbocycles. The van der Waals surface area contributed by atoms with Crippen molar-refractivity contribution in [2.45, 2.75) is 13.8 Å². The number of nitrogens with zero attached hydrogens (tertiary/aromatic N) is 1. The molecule has 3 N–H and O–H groups in total. The molecule has 0 amide bonds. The second-order valence-corrected chi connectivity index (χ2v) is 5.90. The Morgan fingerprint density at radius 1 is 1.12 bits per heavy atom. The molecular weight excluding hydrogens is 349 g/mol. The second kappa shape index (κ2) is 5.91. The highest BCUT2D eigenvalue weighted by Crippen LogP contribution is 2.28. The van der Waals surface area contributed by atoms with Gasteiger partial charge < -0.3 is 15.4 Å². The Morgan fingerprint density at radius 3 is 2.38 bits per heavy atom. The number of carboxylic acids is 1. The minimum absolute atomic E-state index is 0.0204. The topological polar surface area (TPSA) is 85.3 Å². The number of aromatic carboxylic acids is 1. The maximum Gasteiger partial charge on any atom is 0.341 e. The van der Waals surface area contributed by atoms with E-state index < -0.39 is 34.4 Å². The van der Waals surface area contributed by atoms with Crippen LogP contribution in [0.5, 0.6) is 0 Å². The number of hydrogen-bond acceptors (Lipinski definition) is 3. The van der Waals surface area contributed by atoms with Gasteiger partial charge in [0, 0.05) is 11.8 Å². The molecule has 0 fully saturated rings. The van der Waals surface area contributed by atoms with E-state index in [1.165, 1.54) is 24.5 Å². The van der Waals surface area contributed by atoms with Gasteiger partial charge in [-0.1, -0.05) is 0 Å². The first-order valence-electron chi connectivity index (χ1n) is 7.46. The molecule has 26 heavy (non-hydrogen) atoms. The van der Waals surface area contributed by atoms with Crippen LogP contribution < -0.4 is 11.2 Å². The van der Waals surface area contributed by atoms with E-state index in [1.54, 1.807) is 0 Å². The Labute approximate surface area is 145 Å². The van der Waals surface area contributed by atoms with Gasteiger partial charge in [-0.3, -0.25) is 4.79 Å². The lowest BCUT2D eigenvalue weighted by atomic mass is 10.0. The predicted molar refractivity (Wildman–Crippen MR) is 90.3 cm³/mol. The molecule has 0 atom stereocenters. The van der Waals surface area contributed by atoms with Crippen molar-refractivity contribution in [2.75, 3.05) is 5.73 Å². The zero-order chi connectivity index (χ0) is 19.3. The molecule has 0 aliphatic rings. The number of aromatic nitrogens is 1. The van der Waals surface area contributed by atoms with Crippen LogP contribution in [0.3, 0.4) is 0 Å². The van der Waals surface area contributed by atoms with Gasteiger partial charge in [0.05, 0.1) is 22.3 Å². The number of nitrogen functional groups attached to an aromatic ring is 1. The van der Waals surface area contributed by atoms with E-state index in [-0.39, 0.29) is 27.8 Å². The maximum atomic E-state index is 14.1. The van der Waals surface area contributed by atoms with Crippen LogP contribution in [-0.2, 0) is 0 Å². The van der Waals surface area contributed by atoms with Gasteiger partial charge >= 0.3 is 5.97 Å². The summed E-state index contributed by atoms with van der Waals surface area (Å²) in [5.41, 5.74) is 4.20. The van der Waals surface area contributed by atoms with E-state index in [2.05, 4.69) is 0 Å². The van der Waals surface area contributed by atoms with Gasteiger partial charge in [-0.2, -0.15) is 0 Å². The summed E-state index contributed by atoms with van der Waals surface area (Å²) >= 11 is 0. The minimum atomic E-state index is -1.53. The highest BCUT2D eigenvalue weighted by Gasteiger charge is 2.21. The van der Waals surface area contributed by atoms with Gasteiger partial charge in [0.25, 0.3) is 0 Å². The number of pyridine rings is 1. The van der Waals surface area contributed by atoms with Crippen molar-refractivity contribution in [3.05, 3.63) is 68.8 Å². The molecule has 0 radical (unpaired) electrons. The lowest BCUT2D eigenvalue weighted by Crippen LogP contribution is -2.20. The van der Waals surface area contributed by atoms with Crippen molar-refractivity contribution in [3.63, 3.8) is 0 Å². The van der Waals surface area contributed by atoms with E-state index in [0.717, 1.165) is 12.3 Å². The summed E-state index contributed by atoms with van der Waals surface area (Å²) in [5, 5.41) is 8.99. The molecule has 0 unspecified atom stereocenters. The number of halogens is 3. The molecule has 0 saturated heterocycles. The number of fused-ring (bicyclic) bond motifs is 1. The Kier molecular flexibility index (Phi) is 3.98. The van der Waals surface area contributed by atoms with Gasteiger partial charge in [-0.25, -0.2) is 18.0 Å². The van der Waals surface area contributed by atoms with Crippen molar-refractivity contribution in [1.29, 1.82) is 0 Å². The molecule has 3 rings (SSSR count). The average Bonchev–Trinajstić information content (AvgIpc) is 2.57. The summed E-state index contributed by atoms with van der Waals surface area (Å²) in [4.78, 5) is 23.8. The average molecular weight is 362 g/mol. The van der Waals surface area contributed by atoms with Gasteiger partial charge in [0.15, 0.2) is 11.6 Å². The van der Waals surface area contributed by atoms with Crippen LogP contribution in [-0.4, -0.2) is 15.6 Å². The van der Waals surface area contributed by atoms with E-state index in [0.29, 0.717) is 11.6 Å². The summed E-state index contributed by atoms with van der Waals surface area (Å²) < 4.78 is 42.8. The Bertz CT molecular complexity index is 1150. The summed E-state index contributed by atoms with van der Waals surface area (Å²) in [6.07, 6.45) is 0.997. The van der Waals surface area contributed by atoms with Gasteiger partial charge in [-0.05, 0) is 37.6 Å². The number of benzene rings is 2. The van der Waals surface area contributed by atoms with E-state index in [1.807, 2.05) is 0 Å². The zero-order valence-electron chi connectivity index (χ0n) is 13.7. The molecular formula is C18H13F3N2O3. The lowest BCUT2D eigenvalue weighted by molar-refractivity contribution is 0.0695. The standard InChI is InChI=1S/C18H13F3N2O3/c1-7-3-11(19)13(22)5-14(7)23-6-10(18(25)26)17(24)9-4-12(20)15(21)8(2)16(9)23/h3-6H,22H2,1-2H3,(H,25,26). The SMILES string of the molecule is Cc1cc(F)c(N)cc1-n1cc(C(=O)O)c(=O)c2cc(F)c(F)c(C)c21. The number of hydrogen-bond donors (Lipinski definition) is 2. The molecule has 134 valence electrons. The van der Waals surface area contributed by atoms with Crippen molar-refractivity contribution >= 4 is 22.6 Å². The number of nitrogens with two attached hydrogens (primary N) is 1. The molecule has 3 aromatic rings. The first-order valence-corrected chi connectivity index (χ1v) is 7.46. The van der Waals surface area contributed by atoms with Crippen LogP contribution in [0.4, 0.5) is 18.9 Å². The van der Waals surface area contributed by atoms with Crippen LogP contribution in [0.15, 0.2) is 29.2 Å². The van der Waals surface area contributed by atoms with Crippen LogP contribution in [0, 0.1) is 31.3 Å². The van der Waals surface area contributed by atoms with Crippen molar-refractivity contribution < 1.29 is 23.1 Å². The minimum Gasteiger partial charge on any atom is -0.477 e. The fraction of sp³-hybridized carbons (Fsp3) is 0.111. The fourth-order valence-corrected chi connectivity index (χ4v) is 2.90. The molecule has 8 heteroatoms.